The van der Waals surface area contributed by atoms with Gasteiger partial charge in [-0.25, -0.2) is 9.97 Å². The van der Waals surface area contributed by atoms with Gasteiger partial charge in [0.05, 0.1) is 0 Å². The summed E-state index contributed by atoms with van der Waals surface area (Å²) in [6.45, 7) is 2.26. The van der Waals surface area contributed by atoms with Crippen LogP contribution in [0.3, 0.4) is 0 Å². The molecule has 0 aromatic carbocycles. The van der Waals surface area contributed by atoms with Crippen molar-refractivity contribution in [2.24, 2.45) is 0 Å². The van der Waals surface area contributed by atoms with Gasteiger partial charge in [0.15, 0.2) is 0 Å². The third kappa shape index (κ3) is 2.77. The highest BCUT2D eigenvalue weighted by Gasteiger charge is 2.27. The summed E-state index contributed by atoms with van der Waals surface area (Å²) in [7, 11) is 2.16. The number of nitrogens with one attached hydrogen (secondary N) is 1. The number of hydrogen-bond acceptors (Lipinski definition) is 4. The van der Waals surface area contributed by atoms with Crippen molar-refractivity contribution in [3.63, 3.8) is 0 Å². The van der Waals surface area contributed by atoms with Crippen molar-refractivity contribution >= 4 is 21.7 Å². The van der Waals surface area contributed by atoms with Gasteiger partial charge in [0.2, 0.25) is 0 Å². The van der Waals surface area contributed by atoms with Crippen LogP contribution in [0, 0.1) is 0 Å². The molecule has 0 amide bonds. The second kappa shape index (κ2) is 4.53. The normalized spacial score (nSPS) is 25.2. The van der Waals surface area contributed by atoms with Crippen molar-refractivity contribution in [2.75, 3.05) is 25.5 Å². The second-order valence-corrected chi connectivity index (χ2v) is 5.91. The van der Waals surface area contributed by atoms with E-state index in [2.05, 4.69) is 43.2 Å². The van der Waals surface area contributed by atoms with Gasteiger partial charge < -0.3 is 10.2 Å². The van der Waals surface area contributed by atoms with Crippen LogP contribution >= 0.6 is 15.9 Å². The van der Waals surface area contributed by atoms with E-state index < -0.39 is 0 Å². The summed E-state index contributed by atoms with van der Waals surface area (Å²) in [5, 5.41) is 3.51. The zero-order valence-corrected chi connectivity index (χ0v) is 11.6. The van der Waals surface area contributed by atoms with Crippen molar-refractivity contribution in [2.45, 2.75) is 31.2 Å². The average Bonchev–Trinajstić information content (AvgIpc) is 3.03. The zero-order chi connectivity index (χ0) is 11.8. The first-order valence-electron chi connectivity index (χ1n) is 6.20. The smallest absolute Gasteiger partial charge is 0.135 e. The minimum absolute atomic E-state index is 0.522. The lowest BCUT2D eigenvalue weighted by Gasteiger charge is -2.14. The predicted molar refractivity (Wildman–Crippen MR) is 71.2 cm³/mol. The van der Waals surface area contributed by atoms with E-state index in [4.69, 9.17) is 0 Å². The Hall–Kier alpha value is -0.680. The van der Waals surface area contributed by atoms with Gasteiger partial charge in [0.1, 0.15) is 16.2 Å². The SMILES string of the molecule is CN1CCC(Nc2cc(Br)nc(C3CC3)n2)C1. The highest BCUT2D eigenvalue weighted by Crippen LogP contribution is 2.38. The number of likely N-dealkylation sites (tertiary alicyclic amines) is 1. The Morgan fingerprint density at radius 3 is 2.82 bits per heavy atom. The number of hydrogen-bond donors (Lipinski definition) is 1. The fourth-order valence-electron chi connectivity index (χ4n) is 2.30. The Bertz CT molecular complexity index is 419. The van der Waals surface area contributed by atoms with Gasteiger partial charge in [-0.1, -0.05) is 0 Å². The molecule has 4 nitrogen and oxygen atoms in total. The van der Waals surface area contributed by atoms with E-state index in [0.29, 0.717) is 12.0 Å². The molecule has 0 radical (unpaired) electrons. The van der Waals surface area contributed by atoms with Crippen LogP contribution in [0.15, 0.2) is 10.7 Å². The van der Waals surface area contributed by atoms with E-state index in [1.165, 1.54) is 25.8 Å². The predicted octanol–water partition coefficient (Wildman–Crippen LogP) is 2.23. The molecule has 2 heterocycles. The third-order valence-corrected chi connectivity index (χ3v) is 3.80. The molecular formula is C12H17BrN4. The maximum absolute atomic E-state index is 4.61. The van der Waals surface area contributed by atoms with Gasteiger partial charge in [0.25, 0.3) is 0 Å². The molecule has 0 bridgehead atoms. The summed E-state index contributed by atoms with van der Waals surface area (Å²) in [5.74, 6) is 2.56. The van der Waals surface area contributed by atoms with Crippen molar-refractivity contribution in [3.8, 4) is 0 Å². The molecule has 2 aliphatic rings. The minimum atomic E-state index is 0.522. The minimum Gasteiger partial charge on any atom is -0.366 e. The first-order valence-corrected chi connectivity index (χ1v) is 6.99. The maximum Gasteiger partial charge on any atom is 0.135 e. The van der Waals surface area contributed by atoms with Crippen LogP contribution in [0.5, 0.6) is 0 Å². The monoisotopic (exact) mass is 296 g/mol. The third-order valence-electron chi connectivity index (χ3n) is 3.40. The lowest BCUT2D eigenvalue weighted by molar-refractivity contribution is 0.414. The van der Waals surface area contributed by atoms with Gasteiger partial charge in [-0.15, -0.1) is 0 Å². The van der Waals surface area contributed by atoms with Crippen LogP contribution in [0.25, 0.3) is 0 Å². The average molecular weight is 297 g/mol. The number of nitrogens with zero attached hydrogens (tertiary/aromatic N) is 3. The van der Waals surface area contributed by atoms with E-state index in [9.17, 15) is 0 Å². The van der Waals surface area contributed by atoms with Gasteiger partial charge in [0, 0.05) is 24.6 Å². The van der Waals surface area contributed by atoms with Gasteiger partial charge in [-0.2, -0.15) is 0 Å². The molecule has 1 atom stereocenters. The Morgan fingerprint density at radius 2 is 2.18 bits per heavy atom. The molecule has 5 heteroatoms. The van der Waals surface area contributed by atoms with Crippen molar-refractivity contribution < 1.29 is 0 Å². The molecule has 1 unspecified atom stereocenters. The summed E-state index contributed by atoms with van der Waals surface area (Å²) in [4.78, 5) is 11.4. The van der Waals surface area contributed by atoms with E-state index in [1.807, 2.05) is 6.07 Å². The largest absolute Gasteiger partial charge is 0.366 e. The zero-order valence-electron chi connectivity index (χ0n) is 9.99. The molecule has 92 valence electrons. The summed E-state index contributed by atoms with van der Waals surface area (Å²) in [5.41, 5.74) is 0. The quantitative estimate of drug-likeness (QED) is 0.869. The summed E-state index contributed by atoms with van der Waals surface area (Å²) in [6.07, 6.45) is 3.67. The molecule has 0 spiro atoms. The Kier molecular flexibility index (Phi) is 3.04. The molecular weight excluding hydrogens is 280 g/mol. The van der Waals surface area contributed by atoms with Crippen LogP contribution in [0.2, 0.25) is 0 Å². The maximum atomic E-state index is 4.61. The van der Waals surface area contributed by atoms with Crippen molar-refractivity contribution in [1.82, 2.24) is 14.9 Å². The molecule has 1 aliphatic carbocycles. The van der Waals surface area contributed by atoms with Gasteiger partial charge >= 0.3 is 0 Å². The molecule has 17 heavy (non-hydrogen) atoms. The van der Waals surface area contributed by atoms with Crippen molar-refractivity contribution in [3.05, 3.63) is 16.5 Å². The topological polar surface area (TPSA) is 41.0 Å². The summed E-state index contributed by atoms with van der Waals surface area (Å²) < 4.78 is 0.892. The summed E-state index contributed by atoms with van der Waals surface area (Å²) in [6, 6.07) is 2.50. The highest BCUT2D eigenvalue weighted by molar-refractivity contribution is 9.10. The second-order valence-electron chi connectivity index (χ2n) is 5.10. The molecule has 1 aromatic heterocycles. The van der Waals surface area contributed by atoms with Gasteiger partial charge in [-0.05, 0) is 48.8 Å². The van der Waals surface area contributed by atoms with E-state index >= 15 is 0 Å². The van der Waals surface area contributed by atoms with E-state index in [0.717, 1.165) is 22.8 Å². The Morgan fingerprint density at radius 1 is 1.35 bits per heavy atom. The van der Waals surface area contributed by atoms with Crippen molar-refractivity contribution in [1.29, 1.82) is 0 Å². The number of likely N-dealkylation sites (N-methyl/N-ethyl adjacent to an activating group) is 1. The molecule has 1 aromatic rings. The molecule has 2 fully saturated rings. The first kappa shape index (κ1) is 11.4. The Balaban J connectivity index is 1.73. The van der Waals surface area contributed by atoms with Crippen LogP contribution in [-0.2, 0) is 0 Å². The standard InChI is InChI=1S/C12H17BrN4/c1-17-5-4-9(7-17)14-11-6-10(13)15-12(16-11)8-2-3-8/h6,8-9H,2-5,7H2,1H3,(H,14,15,16). The van der Waals surface area contributed by atoms with Gasteiger partial charge in [-0.3, -0.25) is 0 Å². The number of aromatic nitrogens is 2. The number of halogens is 1. The first-order chi connectivity index (χ1) is 8.20. The fraction of sp³-hybridized carbons (Fsp3) is 0.667. The highest BCUT2D eigenvalue weighted by atomic mass is 79.9. The number of rotatable bonds is 3. The Labute approximate surface area is 110 Å². The lowest BCUT2D eigenvalue weighted by atomic mass is 10.2. The van der Waals surface area contributed by atoms with Crippen LogP contribution in [0.4, 0.5) is 5.82 Å². The molecule has 1 N–H and O–H groups in total. The molecule has 3 rings (SSSR count). The lowest BCUT2D eigenvalue weighted by Crippen LogP contribution is -2.24. The van der Waals surface area contributed by atoms with Crippen LogP contribution in [-0.4, -0.2) is 41.0 Å². The number of anilines is 1. The van der Waals surface area contributed by atoms with E-state index in [1.54, 1.807) is 0 Å². The fourth-order valence-corrected chi connectivity index (χ4v) is 2.69. The van der Waals surface area contributed by atoms with Crippen LogP contribution < -0.4 is 5.32 Å². The molecule has 1 saturated heterocycles. The summed E-state index contributed by atoms with van der Waals surface area (Å²) >= 11 is 3.47. The van der Waals surface area contributed by atoms with Crippen LogP contribution in [0.1, 0.15) is 31.0 Å². The van der Waals surface area contributed by atoms with E-state index in [-0.39, 0.29) is 0 Å². The molecule has 1 aliphatic heterocycles. The molecule has 1 saturated carbocycles.